The number of nitrogens with one attached hydrogen (secondary N) is 2. The lowest BCUT2D eigenvalue weighted by molar-refractivity contribution is -0.113. The highest BCUT2D eigenvalue weighted by Gasteiger charge is 2.34. The number of benzene rings is 1. The van der Waals surface area contributed by atoms with Crippen molar-refractivity contribution >= 4 is 28.5 Å². The van der Waals surface area contributed by atoms with Crippen molar-refractivity contribution in [2.24, 2.45) is 0 Å². The van der Waals surface area contributed by atoms with Crippen molar-refractivity contribution in [3.8, 4) is 5.75 Å². The highest BCUT2D eigenvalue weighted by Crippen LogP contribution is 2.28. The van der Waals surface area contributed by atoms with Crippen LogP contribution in [0.4, 0.5) is 5.69 Å². The van der Waals surface area contributed by atoms with Gasteiger partial charge in [-0.2, -0.15) is 0 Å². The quantitative estimate of drug-likeness (QED) is 0.515. The molecule has 3 N–H and O–H groups in total. The van der Waals surface area contributed by atoms with E-state index in [-0.39, 0.29) is 38.8 Å². The van der Waals surface area contributed by atoms with Gasteiger partial charge in [0.2, 0.25) is 5.78 Å². The lowest BCUT2D eigenvalue weighted by atomic mass is 9.94. The predicted octanol–water partition coefficient (Wildman–Crippen LogP) is -0.101. The molecule has 0 fully saturated rings. The van der Waals surface area contributed by atoms with Gasteiger partial charge < -0.3 is 14.4 Å². The third-order valence-electron chi connectivity index (χ3n) is 5.09. The summed E-state index contributed by atoms with van der Waals surface area (Å²) < 4.78 is 5.03. The highest BCUT2D eigenvalue weighted by molar-refractivity contribution is 6.51. The zero-order chi connectivity index (χ0) is 21.7. The van der Waals surface area contributed by atoms with Crippen molar-refractivity contribution < 1.29 is 19.1 Å². The van der Waals surface area contributed by atoms with Gasteiger partial charge in [0.15, 0.2) is 0 Å². The number of hydrogen-bond donors (Lipinski definition) is 3. The van der Waals surface area contributed by atoms with Crippen LogP contribution < -0.4 is 26.7 Å². The van der Waals surface area contributed by atoms with Crippen molar-refractivity contribution in [3.05, 3.63) is 78.6 Å². The summed E-state index contributed by atoms with van der Waals surface area (Å²) in [5.74, 6) is -1.34. The molecule has 0 saturated heterocycles. The van der Waals surface area contributed by atoms with Crippen LogP contribution in [0.25, 0.3) is 11.1 Å². The minimum Gasteiger partial charge on any atom is -0.507 e. The van der Waals surface area contributed by atoms with E-state index in [4.69, 9.17) is 4.42 Å². The second kappa shape index (κ2) is 6.73. The van der Waals surface area contributed by atoms with Crippen molar-refractivity contribution in [3.63, 3.8) is 0 Å². The summed E-state index contributed by atoms with van der Waals surface area (Å²) in [4.78, 5) is 52.3. The van der Waals surface area contributed by atoms with E-state index in [1.165, 1.54) is 31.9 Å². The molecule has 3 heterocycles. The fourth-order valence-electron chi connectivity index (χ4n) is 3.66. The second-order valence-electron chi connectivity index (χ2n) is 6.94. The Balaban J connectivity index is 2.15. The molecule has 0 spiro atoms. The number of aryl methyl sites for hydroxylation is 1. The van der Waals surface area contributed by atoms with E-state index in [2.05, 4.69) is 10.2 Å². The van der Waals surface area contributed by atoms with Crippen molar-refractivity contribution in [1.82, 2.24) is 10.2 Å². The monoisotopic (exact) mass is 407 g/mol. The van der Waals surface area contributed by atoms with Gasteiger partial charge in [0, 0.05) is 18.7 Å². The molecule has 2 aromatic heterocycles. The van der Waals surface area contributed by atoms with Crippen molar-refractivity contribution in [2.75, 3.05) is 11.9 Å². The topological polar surface area (TPSA) is 136 Å². The van der Waals surface area contributed by atoms with Crippen LogP contribution in [-0.4, -0.2) is 34.0 Å². The molecular formula is C21H17N3O6. The van der Waals surface area contributed by atoms with Gasteiger partial charge in [-0.05, 0) is 31.6 Å². The SMILES string of the molecule is C/C(c1c(O)cc(C)oc1=O)=c1/c(=O)[nH][nH]/c1=C1/C(=O)c2ccccc2N(C)C1=O. The summed E-state index contributed by atoms with van der Waals surface area (Å²) in [5, 5.41) is 15.0. The number of hydrogen-bond acceptors (Lipinski definition) is 6. The Morgan fingerprint density at radius 3 is 2.50 bits per heavy atom. The number of aromatic hydroxyl groups is 1. The Kier molecular flexibility index (Phi) is 4.30. The van der Waals surface area contributed by atoms with Gasteiger partial charge >= 0.3 is 5.63 Å². The van der Waals surface area contributed by atoms with Gasteiger partial charge in [0.25, 0.3) is 11.5 Å². The smallest absolute Gasteiger partial charge is 0.347 e. The molecule has 4 rings (SSSR count). The van der Waals surface area contributed by atoms with Gasteiger partial charge in [0.1, 0.15) is 22.6 Å². The number of anilines is 1. The van der Waals surface area contributed by atoms with E-state index < -0.39 is 22.9 Å². The molecule has 0 radical (unpaired) electrons. The van der Waals surface area contributed by atoms with E-state index in [0.29, 0.717) is 11.3 Å². The molecule has 0 saturated carbocycles. The number of Topliss-reactive ketones (excluding diaryl/α,β-unsaturated/α-hetero) is 1. The third kappa shape index (κ3) is 2.71. The maximum Gasteiger partial charge on any atom is 0.347 e. The molecule has 152 valence electrons. The summed E-state index contributed by atoms with van der Waals surface area (Å²) in [6.07, 6.45) is 0. The Morgan fingerprint density at radius 2 is 1.80 bits per heavy atom. The minimum absolute atomic E-state index is 0.0618. The molecule has 0 atom stereocenters. The fourth-order valence-corrected chi connectivity index (χ4v) is 3.66. The standard InChI is InChI=1S/C21H17N3O6/c1-9-8-13(25)14(21(29)30-9)10(2)15-17(22-23-19(15)27)16-18(26)11-6-4-5-7-12(11)24(3)20(16)28/h4-8,22,25H,1-3H3,(H,23,27)/b15-10-,17-16-. The van der Waals surface area contributed by atoms with Crippen LogP contribution in [0.5, 0.6) is 5.75 Å². The number of ketones is 1. The maximum atomic E-state index is 13.1. The average Bonchev–Trinajstić information content (AvgIpc) is 3.06. The molecule has 1 aliphatic heterocycles. The van der Waals surface area contributed by atoms with Gasteiger partial charge in [-0.1, -0.05) is 12.1 Å². The lowest BCUT2D eigenvalue weighted by Gasteiger charge is -2.26. The van der Waals surface area contributed by atoms with Gasteiger partial charge in [-0.15, -0.1) is 0 Å². The van der Waals surface area contributed by atoms with Gasteiger partial charge in [-0.3, -0.25) is 24.6 Å². The van der Waals surface area contributed by atoms with Gasteiger partial charge in [-0.25, -0.2) is 4.79 Å². The Bertz CT molecular complexity index is 1470. The Morgan fingerprint density at radius 1 is 1.10 bits per heavy atom. The number of H-pyrrole nitrogens is 2. The number of para-hydroxylation sites is 1. The molecule has 1 aliphatic rings. The average molecular weight is 407 g/mol. The van der Waals surface area contributed by atoms with Crippen LogP contribution >= 0.6 is 0 Å². The molecule has 0 bridgehead atoms. The zero-order valence-corrected chi connectivity index (χ0v) is 16.3. The van der Waals surface area contributed by atoms with Crippen molar-refractivity contribution in [2.45, 2.75) is 13.8 Å². The number of aromatic amines is 2. The van der Waals surface area contributed by atoms with E-state index in [9.17, 15) is 24.3 Å². The number of rotatable bonds is 1. The number of amides is 1. The molecule has 9 heteroatoms. The van der Waals surface area contributed by atoms with Gasteiger partial charge in [0.05, 0.1) is 16.3 Å². The predicted molar refractivity (Wildman–Crippen MR) is 108 cm³/mol. The first-order chi connectivity index (χ1) is 14.2. The molecular weight excluding hydrogens is 390 g/mol. The second-order valence-corrected chi connectivity index (χ2v) is 6.94. The molecule has 9 nitrogen and oxygen atoms in total. The van der Waals surface area contributed by atoms with Crippen LogP contribution in [-0.2, 0) is 4.79 Å². The van der Waals surface area contributed by atoms with E-state index in [0.717, 1.165) is 0 Å². The Labute approximate surface area is 168 Å². The number of carbonyl (C=O) groups is 2. The van der Waals surface area contributed by atoms with Crippen LogP contribution in [0.15, 0.2) is 44.3 Å². The largest absolute Gasteiger partial charge is 0.507 e. The molecule has 1 aromatic carbocycles. The third-order valence-corrected chi connectivity index (χ3v) is 5.09. The van der Waals surface area contributed by atoms with Crippen LogP contribution in [0.3, 0.4) is 0 Å². The first kappa shape index (κ1) is 19.2. The normalized spacial score (nSPS) is 16.6. The van der Waals surface area contributed by atoms with Crippen LogP contribution in [0, 0.1) is 6.92 Å². The van der Waals surface area contributed by atoms with E-state index in [1.807, 2.05) is 0 Å². The molecule has 0 unspecified atom stereocenters. The van der Waals surface area contributed by atoms with E-state index >= 15 is 0 Å². The minimum atomic E-state index is -0.842. The highest BCUT2D eigenvalue weighted by atomic mass is 16.4. The number of aromatic nitrogens is 2. The van der Waals surface area contributed by atoms with Crippen LogP contribution in [0.2, 0.25) is 0 Å². The van der Waals surface area contributed by atoms with Crippen molar-refractivity contribution in [1.29, 1.82) is 0 Å². The summed E-state index contributed by atoms with van der Waals surface area (Å²) in [5.41, 5.74) is -1.15. The summed E-state index contributed by atoms with van der Waals surface area (Å²) in [6.45, 7) is 2.93. The fraction of sp³-hybridized carbons (Fsp3) is 0.143. The first-order valence-electron chi connectivity index (χ1n) is 9.00. The first-order valence-corrected chi connectivity index (χ1v) is 9.00. The summed E-state index contributed by atoms with van der Waals surface area (Å²) >= 11 is 0. The summed E-state index contributed by atoms with van der Waals surface area (Å²) in [6, 6.07) is 7.86. The maximum absolute atomic E-state index is 13.1. The molecule has 1 amide bonds. The number of carbonyl (C=O) groups excluding carboxylic acids is 2. The van der Waals surface area contributed by atoms with E-state index in [1.54, 1.807) is 24.3 Å². The Hall–Kier alpha value is -4.14. The molecule has 0 aliphatic carbocycles. The number of fused-ring (bicyclic) bond motifs is 1. The van der Waals surface area contributed by atoms with Crippen LogP contribution in [0.1, 0.15) is 28.6 Å². The lowest BCUT2D eigenvalue weighted by Crippen LogP contribution is -2.45. The summed E-state index contributed by atoms with van der Waals surface area (Å²) in [7, 11) is 1.52. The zero-order valence-electron chi connectivity index (χ0n) is 16.3. The number of nitrogens with zero attached hydrogens (tertiary/aromatic N) is 1. The molecule has 3 aromatic rings. The molecule has 30 heavy (non-hydrogen) atoms.